The van der Waals surface area contributed by atoms with Crippen molar-refractivity contribution < 1.29 is 9.72 Å². The van der Waals surface area contributed by atoms with E-state index in [4.69, 9.17) is 5.73 Å². The lowest BCUT2D eigenvalue weighted by Gasteiger charge is -2.28. The molecular formula is C26H22N2O3P+. The van der Waals surface area contributed by atoms with E-state index >= 15 is 0 Å². The van der Waals surface area contributed by atoms with Gasteiger partial charge in [-0.15, -0.1) is 0 Å². The minimum Gasteiger partial charge on any atom is -0.366 e. The molecule has 6 heteroatoms. The fourth-order valence-corrected chi connectivity index (χ4v) is 8.36. The Labute approximate surface area is 187 Å². The fraction of sp³-hybridized carbons (Fsp3) is 0.0385. The van der Waals surface area contributed by atoms with Gasteiger partial charge in [-0.05, 0) is 36.4 Å². The van der Waals surface area contributed by atoms with E-state index in [1.807, 2.05) is 84.9 Å². The minimum atomic E-state index is -2.56. The van der Waals surface area contributed by atoms with Gasteiger partial charge in [0, 0.05) is 11.6 Å². The number of rotatable bonds is 7. The third kappa shape index (κ3) is 3.91. The molecule has 2 N–H and O–H groups in total. The van der Waals surface area contributed by atoms with Gasteiger partial charge in [0.2, 0.25) is 0 Å². The molecule has 0 spiro atoms. The first-order chi connectivity index (χ1) is 15.5. The first kappa shape index (κ1) is 21.4. The largest absolute Gasteiger partial charge is 0.366 e. The number of nitro benzene ring substituents is 1. The van der Waals surface area contributed by atoms with Crippen molar-refractivity contribution in [1.29, 1.82) is 0 Å². The number of benzene rings is 4. The molecule has 0 aliphatic rings. The second-order valence-electron chi connectivity index (χ2n) is 7.40. The van der Waals surface area contributed by atoms with Crippen LogP contribution in [0.15, 0.2) is 109 Å². The number of nitrogens with zero attached hydrogens (tertiary/aromatic N) is 1. The zero-order valence-electron chi connectivity index (χ0n) is 17.3. The van der Waals surface area contributed by atoms with Gasteiger partial charge in [-0.3, -0.25) is 14.9 Å². The third-order valence-corrected chi connectivity index (χ3v) is 9.85. The van der Waals surface area contributed by atoms with Crippen molar-refractivity contribution in [1.82, 2.24) is 0 Å². The minimum absolute atomic E-state index is 0.0262. The van der Waals surface area contributed by atoms with Crippen molar-refractivity contribution in [2.75, 3.05) is 6.16 Å². The van der Waals surface area contributed by atoms with Gasteiger partial charge in [0.05, 0.1) is 10.5 Å². The van der Waals surface area contributed by atoms with Crippen LogP contribution in [0, 0.1) is 10.1 Å². The van der Waals surface area contributed by atoms with Crippen molar-refractivity contribution in [3.05, 3.63) is 119 Å². The molecule has 0 heterocycles. The monoisotopic (exact) mass is 441 g/mol. The summed E-state index contributed by atoms with van der Waals surface area (Å²) in [6, 6.07) is 34.1. The van der Waals surface area contributed by atoms with E-state index in [1.54, 1.807) is 18.2 Å². The van der Waals surface area contributed by atoms with E-state index in [2.05, 4.69) is 0 Å². The third-order valence-electron chi connectivity index (χ3n) is 5.49. The van der Waals surface area contributed by atoms with Gasteiger partial charge in [0.1, 0.15) is 23.2 Å². The SMILES string of the molecule is NC(=O)C[P+](c1ccccc1)(c1ccccc1)c1ccccc1-c1ccccc1[N+](=O)[O-]. The molecule has 0 aliphatic carbocycles. The van der Waals surface area contributed by atoms with Crippen molar-refractivity contribution in [2.45, 2.75) is 0 Å². The van der Waals surface area contributed by atoms with Crippen LogP contribution < -0.4 is 21.6 Å². The molecule has 0 aromatic heterocycles. The van der Waals surface area contributed by atoms with E-state index in [9.17, 15) is 14.9 Å². The highest BCUT2D eigenvalue weighted by molar-refractivity contribution is 7.96. The van der Waals surface area contributed by atoms with Gasteiger partial charge < -0.3 is 5.73 Å². The Balaban J connectivity index is 2.12. The van der Waals surface area contributed by atoms with Gasteiger partial charge >= 0.3 is 0 Å². The Morgan fingerprint density at radius 3 is 1.72 bits per heavy atom. The van der Waals surface area contributed by atoms with E-state index in [1.165, 1.54) is 6.07 Å². The van der Waals surface area contributed by atoms with Crippen molar-refractivity contribution >= 4 is 34.8 Å². The summed E-state index contributed by atoms with van der Waals surface area (Å²) in [6.45, 7) is 0. The molecule has 0 bridgehead atoms. The van der Waals surface area contributed by atoms with Crippen LogP contribution in [0.25, 0.3) is 11.1 Å². The second-order valence-corrected chi connectivity index (χ2v) is 10.8. The summed E-state index contributed by atoms with van der Waals surface area (Å²) in [4.78, 5) is 23.9. The molecule has 4 aromatic carbocycles. The number of hydrogen-bond acceptors (Lipinski definition) is 3. The van der Waals surface area contributed by atoms with Gasteiger partial charge in [0.25, 0.3) is 11.6 Å². The predicted octanol–water partition coefficient (Wildman–Crippen LogP) is 4.04. The average molecular weight is 441 g/mol. The number of amides is 1. The summed E-state index contributed by atoms with van der Waals surface area (Å²) in [5.74, 6) is -0.414. The van der Waals surface area contributed by atoms with Gasteiger partial charge in [-0.25, -0.2) is 0 Å². The van der Waals surface area contributed by atoms with Crippen molar-refractivity contribution in [2.24, 2.45) is 5.73 Å². The van der Waals surface area contributed by atoms with Crippen LogP contribution in [-0.2, 0) is 4.79 Å². The molecule has 0 saturated carbocycles. The molecule has 0 atom stereocenters. The summed E-state index contributed by atoms with van der Waals surface area (Å²) in [7, 11) is -2.56. The Bertz CT molecular complexity index is 1220. The first-order valence-electron chi connectivity index (χ1n) is 10.1. The van der Waals surface area contributed by atoms with Crippen LogP contribution >= 0.6 is 7.26 Å². The smallest absolute Gasteiger partial charge is 0.277 e. The van der Waals surface area contributed by atoms with Crippen LogP contribution in [0.1, 0.15) is 0 Å². The summed E-state index contributed by atoms with van der Waals surface area (Å²) in [6.07, 6.45) is 0.124. The number of hydrogen-bond donors (Lipinski definition) is 1. The highest BCUT2D eigenvalue weighted by atomic mass is 31.2. The number of primary amides is 1. The number of nitro groups is 1. The summed E-state index contributed by atoms with van der Waals surface area (Å²) in [5, 5.41) is 14.7. The maximum atomic E-state index is 12.5. The number of para-hydroxylation sites is 1. The second kappa shape index (κ2) is 9.13. The normalized spacial score (nSPS) is 11.1. The van der Waals surface area contributed by atoms with E-state index in [0.29, 0.717) is 5.56 Å². The molecule has 0 fully saturated rings. The molecule has 5 nitrogen and oxygen atoms in total. The molecule has 4 rings (SSSR count). The van der Waals surface area contributed by atoms with Crippen LogP contribution in [0.3, 0.4) is 0 Å². The van der Waals surface area contributed by atoms with Crippen LogP contribution in [0.5, 0.6) is 0 Å². The lowest BCUT2D eigenvalue weighted by Crippen LogP contribution is -2.38. The Morgan fingerprint density at radius 1 is 0.719 bits per heavy atom. The maximum Gasteiger partial charge on any atom is 0.277 e. The fourth-order valence-electron chi connectivity index (χ4n) is 4.19. The molecular weight excluding hydrogens is 419 g/mol. The maximum absolute atomic E-state index is 12.5. The summed E-state index contributed by atoms with van der Waals surface area (Å²) in [5.41, 5.74) is 7.12. The van der Waals surface area contributed by atoms with Gasteiger partial charge in [0.15, 0.2) is 6.16 Å². The average Bonchev–Trinajstić information content (AvgIpc) is 2.83. The van der Waals surface area contributed by atoms with E-state index < -0.39 is 13.2 Å². The zero-order valence-corrected chi connectivity index (χ0v) is 18.2. The summed E-state index contributed by atoms with van der Waals surface area (Å²) < 4.78 is 0. The molecule has 1 amide bonds. The predicted molar refractivity (Wildman–Crippen MR) is 131 cm³/mol. The molecule has 0 unspecified atom stereocenters. The lowest BCUT2D eigenvalue weighted by molar-refractivity contribution is -0.384. The van der Waals surface area contributed by atoms with Gasteiger partial charge in [-0.2, -0.15) is 0 Å². The van der Waals surface area contributed by atoms with E-state index in [-0.39, 0.29) is 16.8 Å². The van der Waals surface area contributed by atoms with Gasteiger partial charge in [-0.1, -0.05) is 66.7 Å². The molecule has 4 aromatic rings. The highest BCUT2D eigenvalue weighted by Gasteiger charge is 2.48. The highest BCUT2D eigenvalue weighted by Crippen LogP contribution is 2.57. The molecule has 0 saturated heterocycles. The molecule has 0 aliphatic heterocycles. The standard InChI is InChI=1S/C26H21N2O3P/c27-26(29)19-32(20-11-3-1-4-12-20,21-13-5-2-6-14-21)25-18-10-8-16-23(25)22-15-7-9-17-24(22)28(30)31/h1-18H,19H2,(H-,27,29)/p+1. The quantitative estimate of drug-likeness (QED) is 0.267. The summed E-state index contributed by atoms with van der Waals surface area (Å²) >= 11 is 0. The lowest BCUT2D eigenvalue weighted by atomic mass is 10.0. The zero-order chi connectivity index (χ0) is 22.6. The van der Waals surface area contributed by atoms with Crippen LogP contribution in [0.4, 0.5) is 5.69 Å². The van der Waals surface area contributed by atoms with Crippen molar-refractivity contribution in [3.63, 3.8) is 0 Å². The molecule has 32 heavy (non-hydrogen) atoms. The van der Waals surface area contributed by atoms with Crippen LogP contribution in [0.2, 0.25) is 0 Å². The number of carbonyl (C=O) groups is 1. The first-order valence-corrected chi connectivity index (χ1v) is 12.1. The Morgan fingerprint density at radius 2 is 1.19 bits per heavy atom. The van der Waals surface area contributed by atoms with Crippen molar-refractivity contribution in [3.8, 4) is 11.1 Å². The van der Waals surface area contributed by atoms with Crippen LogP contribution in [-0.4, -0.2) is 17.0 Å². The van der Waals surface area contributed by atoms with E-state index in [0.717, 1.165) is 21.5 Å². The molecule has 158 valence electrons. The Kier molecular flexibility index (Phi) is 6.11. The number of nitrogens with two attached hydrogens (primary N) is 1. The number of carbonyl (C=O) groups excluding carboxylic acids is 1. The Hall–Kier alpha value is -3.82. The molecule has 0 radical (unpaired) electrons. The topological polar surface area (TPSA) is 86.2 Å².